The molecular formula is C12H13N3O5S. The molecule has 1 aliphatic heterocycles. The number of nitriles is 1. The Morgan fingerprint density at radius 2 is 2.10 bits per heavy atom. The lowest BCUT2D eigenvalue weighted by atomic mass is 10.2. The lowest BCUT2D eigenvalue weighted by Crippen LogP contribution is -2.33. The van der Waals surface area contributed by atoms with Crippen LogP contribution in [0.5, 0.6) is 0 Å². The van der Waals surface area contributed by atoms with Crippen molar-refractivity contribution < 1.29 is 18.1 Å². The van der Waals surface area contributed by atoms with Crippen LogP contribution >= 0.6 is 0 Å². The summed E-state index contributed by atoms with van der Waals surface area (Å²) in [5.74, 6) is 0. The average Bonchev–Trinajstić information content (AvgIpc) is 2.75. The molecule has 1 aromatic rings. The minimum absolute atomic E-state index is 0.163. The Morgan fingerprint density at radius 1 is 1.33 bits per heavy atom. The lowest BCUT2D eigenvalue weighted by Gasteiger charge is -2.19. The Kier molecular flexibility index (Phi) is 4.52. The molecule has 0 atom stereocenters. The lowest BCUT2D eigenvalue weighted by molar-refractivity contribution is -0.385. The van der Waals surface area contributed by atoms with Crippen LogP contribution in [0.4, 0.5) is 5.69 Å². The van der Waals surface area contributed by atoms with Crippen LogP contribution in [0.2, 0.25) is 0 Å². The third-order valence-corrected chi connectivity index (χ3v) is 5.05. The number of nitrogens with zero attached hydrogens (tertiary/aromatic N) is 3. The quantitative estimate of drug-likeness (QED) is 0.604. The summed E-state index contributed by atoms with van der Waals surface area (Å²) in [6.45, 7) is 1.15. The number of ether oxygens (including phenoxy) is 1. The number of nitro benzene ring substituents is 1. The third kappa shape index (κ3) is 3.02. The number of nitro groups is 1. The minimum Gasteiger partial charge on any atom is -0.380 e. The molecule has 9 heteroatoms. The van der Waals surface area contributed by atoms with Crippen LogP contribution in [-0.2, 0) is 14.8 Å². The first-order valence-corrected chi connectivity index (χ1v) is 7.68. The van der Waals surface area contributed by atoms with Gasteiger partial charge in [0.05, 0.1) is 11.5 Å². The summed E-state index contributed by atoms with van der Waals surface area (Å²) in [5, 5.41) is 20.0. The van der Waals surface area contributed by atoms with E-state index in [0.717, 1.165) is 6.07 Å². The molecule has 0 aliphatic carbocycles. The van der Waals surface area contributed by atoms with Crippen LogP contribution in [0.25, 0.3) is 0 Å². The van der Waals surface area contributed by atoms with Gasteiger partial charge in [-0.15, -0.1) is 0 Å². The molecular weight excluding hydrogens is 298 g/mol. The van der Waals surface area contributed by atoms with Crippen molar-refractivity contribution >= 4 is 15.7 Å². The van der Waals surface area contributed by atoms with Gasteiger partial charge in [-0.3, -0.25) is 10.1 Å². The molecule has 0 radical (unpaired) electrons. The van der Waals surface area contributed by atoms with E-state index in [9.17, 15) is 18.5 Å². The van der Waals surface area contributed by atoms with Gasteiger partial charge >= 0.3 is 0 Å². The Labute approximate surface area is 121 Å². The molecule has 1 heterocycles. The normalized spacial score (nSPS) is 16.9. The smallest absolute Gasteiger partial charge is 0.288 e. The molecule has 1 aliphatic rings. The number of hydrogen-bond acceptors (Lipinski definition) is 6. The molecule has 0 bridgehead atoms. The summed E-state index contributed by atoms with van der Waals surface area (Å²) in [5.41, 5.74) is -0.947. The zero-order valence-electron chi connectivity index (χ0n) is 11.1. The summed E-state index contributed by atoms with van der Waals surface area (Å²) in [4.78, 5) is 9.82. The van der Waals surface area contributed by atoms with E-state index in [4.69, 9.17) is 10.00 Å². The Balaban J connectivity index is 2.52. The predicted octanol–water partition coefficient (Wildman–Crippen LogP) is 0.877. The molecule has 21 heavy (non-hydrogen) atoms. The first-order valence-electron chi connectivity index (χ1n) is 6.24. The van der Waals surface area contributed by atoms with E-state index in [-0.39, 0.29) is 24.6 Å². The van der Waals surface area contributed by atoms with Crippen molar-refractivity contribution in [1.29, 1.82) is 5.26 Å². The van der Waals surface area contributed by atoms with Gasteiger partial charge in [-0.2, -0.15) is 9.57 Å². The maximum Gasteiger partial charge on any atom is 0.288 e. The summed E-state index contributed by atoms with van der Waals surface area (Å²) >= 11 is 0. The Morgan fingerprint density at radius 3 is 2.76 bits per heavy atom. The summed E-state index contributed by atoms with van der Waals surface area (Å²) in [6.07, 6.45) is 0.538. The topological polar surface area (TPSA) is 114 Å². The van der Waals surface area contributed by atoms with Crippen molar-refractivity contribution in [2.24, 2.45) is 0 Å². The molecule has 8 nitrogen and oxygen atoms in total. The average molecular weight is 311 g/mol. The van der Waals surface area contributed by atoms with Crippen LogP contribution in [-0.4, -0.2) is 43.9 Å². The van der Waals surface area contributed by atoms with Crippen LogP contribution in [0.3, 0.4) is 0 Å². The van der Waals surface area contributed by atoms with Gasteiger partial charge in [-0.05, 0) is 12.5 Å². The van der Waals surface area contributed by atoms with Crippen molar-refractivity contribution in [3.63, 3.8) is 0 Å². The number of sulfonamides is 1. The van der Waals surface area contributed by atoms with E-state index in [1.54, 1.807) is 6.07 Å². The highest BCUT2D eigenvalue weighted by molar-refractivity contribution is 7.89. The molecule has 2 rings (SSSR count). The fourth-order valence-corrected chi connectivity index (χ4v) is 3.72. The molecule has 0 unspecified atom stereocenters. The van der Waals surface area contributed by atoms with Crippen LogP contribution in [0.1, 0.15) is 12.0 Å². The second-order valence-corrected chi connectivity index (χ2v) is 6.30. The van der Waals surface area contributed by atoms with Gasteiger partial charge in [0.2, 0.25) is 10.0 Å². The van der Waals surface area contributed by atoms with E-state index in [0.29, 0.717) is 13.0 Å². The van der Waals surface area contributed by atoms with Gasteiger partial charge in [-0.25, -0.2) is 8.42 Å². The highest BCUT2D eigenvalue weighted by Crippen LogP contribution is 2.27. The van der Waals surface area contributed by atoms with Gasteiger partial charge in [0.25, 0.3) is 5.69 Å². The molecule has 1 fully saturated rings. The molecule has 0 saturated carbocycles. The van der Waals surface area contributed by atoms with Gasteiger partial charge < -0.3 is 4.74 Å². The highest BCUT2D eigenvalue weighted by Gasteiger charge is 2.31. The van der Waals surface area contributed by atoms with Gasteiger partial charge in [0.1, 0.15) is 16.5 Å². The molecule has 112 valence electrons. The predicted molar refractivity (Wildman–Crippen MR) is 72.0 cm³/mol. The second kappa shape index (κ2) is 6.17. The molecule has 0 amide bonds. The van der Waals surface area contributed by atoms with E-state index < -0.39 is 26.2 Å². The largest absolute Gasteiger partial charge is 0.380 e. The molecule has 0 aromatic heterocycles. The van der Waals surface area contributed by atoms with E-state index in [2.05, 4.69) is 0 Å². The fraction of sp³-hybridized carbons (Fsp3) is 0.417. The Hall–Kier alpha value is -2.02. The van der Waals surface area contributed by atoms with Crippen molar-refractivity contribution in [3.8, 4) is 6.07 Å². The molecule has 0 spiro atoms. The zero-order valence-corrected chi connectivity index (χ0v) is 11.9. The minimum atomic E-state index is -3.96. The van der Waals surface area contributed by atoms with Gasteiger partial charge in [0.15, 0.2) is 0 Å². The van der Waals surface area contributed by atoms with Gasteiger partial charge in [0, 0.05) is 25.8 Å². The van der Waals surface area contributed by atoms with Crippen molar-refractivity contribution in [3.05, 3.63) is 33.9 Å². The van der Waals surface area contributed by atoms with E-state index in [1.807, 2.05) is 0 Å². The third-order valence-electron chi connectivity index (χ3n) is 3.11. The van der Waals surface area contributed by atoms with Crippen LogP contribution in [0.15, 0.2) is 23.1 Å². The van der Waals surface area contributed by atoms with Crippen LogP contribution in [0, 0.1) is 21.4 Å². The number of rotatable bonds is 3. The highest BCUT2D eigenvalue weighted by atomic mass is 32.2. The number of benzene rings is 1. The van der Waals surface area contributed by atoms with Crippen molar-refractivity contribution in [1.82, 2.24) is 4.31 Å². The van der Waals surface area contributed by atoms with Crippen molar-refractivity contribution in [2.45, 2.75) is 11.3 Å². The van der Waals surface area contributed by atoms with E-state index in [1.165, 1.54) is 16.4 Å². The monoisotopic (exact) mass is 311 g/mol. The molecule has 1 saturated heterocycles. The zero-order chi connectivity index (χ0) is 15.5. The Bertz CT molecular complexity index is 687. The van der Waals surface area contributed by atoms with E-state index >= 15 is 0 Å². The maximum absolute atomic E-state index is 12.6. The summed E-state index contributed by atoms with van der Waals surface area (Å²) in [6, 6.07) is 5.22. The van der Waals surface area contributed by atoms with Crippen LogP contribution < -0.4 is 0 Å². The standard InChI is InChI=1S/C12H13N3O5S/c13-9-10-11(15(16)17)3-1-4-12(10)21(18,19)14-5-2-7-20-8-6-14/h1,3-4H,2,5-8H2. The number of hydrogen-bond donors (Lipinski definition) is 0. The second-order valence-electron chi connectivity index (χ2n) is 4.39. The first-order chi connectivity index (χ1) is 9.98. The maximum atomic E-state index is 12.6. The van der Waals surface area contributed by atoms with Crippen molar-refractivity contribution in [2.75, 3.05) is 26.3 Å². The molecule has 1 aromatic carbocycles. The first kappa shape index (κ1) is 15.4. The summed E-state index contributed by atoms with van der Waals surface area (Å²) < 4.78 is 31.6. The SMILES string of the molecule is N#Cc1c([N+](=O)[O-])cccc1S(=O)(=O)N1CCCOCC1. The molecule has 0 N–H and O–H groups in total. The fourth-order valence-electron chi connectivity index (χ4n) is 2.10. The summed E-state index contributed by atoms with van der Waals surface area (Å²) in [7, 11) is -3.96. The van der Waals surface area contributed by atoms with Gasteiger partial charge in [-0.1, -0.05) is 6.07 Å².